The lowest BCUT2D eigenvalue weighted by Crippen LogP contribution is -1.90. The molecule has 0 amide bonds. The molecule has 0 fully saturated rings. The van der Waals surface area contributed by atoms with E-state index in [9.17, 15) is 10.2 Å². The van der Waals surface area contributed by atoms with Gasteiger partial charge in [0.25, 0.3) is 0 Å². The minimum Gasteiger partial charge on any atom is -0.508 e. The fourth-order valence-electron chi connectivity index (χ4n) is 2.26. The Morgan fingerprint density at radius 3 is 2.30 bits per heavy atom. The molecule has 0 aliphatic carbocycles. The molecule has 0 saturated heterocycles. The van der Waals surface area contributed by atoms with Crippen LogP contribution in [0.1, 0.15) is 11.1 Å². The van der Waals surface area contributed by atoms with E-state index in [1.54, 1.807) is 24.3 Å². The molecule has 0 saturated carbocycles. The minimum atomic E-state index is 0.215. The molecule has 0 unspecified atom stereocenters. The standard InChI is InChI=1S/C18H18O2/c1-3-5-13-7-10-18(20)17(11-13)16-9-8-15(19)12-14(16)6-4-2/h3-4,7-12,19-20H,1-2,5-6H2. The van der Waals surface area contributed by atoms with E-state index in [0.717, 1.165) is 28.7 Å². The molecule has 0 spiro atoms. The summed E-state index contributed by atoms with van der Waals surface area (Å²) in [6, 6.07) is 10.7. The Morgan fingerprint density at radius 1 is 0.850 bits per heavy atom. The smallest absolute Gasteiger partial charge is 0.123 e. The quantitative estimate of drug-likeness (QED) is 0.795. The lowest BCUT2D eigenvalue weighted by atomic mass is 9.94. The Morgan fingerprint density at radius 2 is 1.60 bits per heavy atom. The van der Waals surface area contributed by atoms with E-state index in [0.29, 0.717) is 6.42 Å². The molecule has 0 aliphatic heterocycles. The van der Waals surface area contributed by atoms with Gasteiger partial charge >= 0.3 is 0 Å². The van der Waals surface area contributed by atoms with Gasteiger partial charge in [-0.2, -0.15) is 0 Å². The fourth-order valence-corrected chi connectivity index (χ4v) is 2.26. The maximum atomic E-state index is 10.1. The van der Waals surface area contributed by atoms with Gasteiger partial charge in [-0.15, -0.1) is 13.2 Å². The molecular formula is C18H18O2. The van der Waals surface area contributed by atoms with Crippen LogP contribution >= 0.6 is 0 Å². The van der Waals surface area contributed by atoms with Crippen LogP contribution in [-0.2, 0) is 12.8 Å². The van der Waals surface area contributed by atoms with Crippen molar-refractivity contribution in [3.63, 3.8) is 0 Å². The van der Waals surface area contributed by atoms with Crippen LogP contribution in [0, 0.1) is 0 Å². The average Bonchev–Trinajstić information content (AvgIpc) is 2.42. The summed E-state index contributed by atoms with van der Waals surface area (Å²) >= 11 is 0. The average molecular weight is 266 g/mol. The SMILES string of the molecule is C=CCc1ccc(O)c(-c2ccc(O)cc2CC=C)c1. The van der Waals surface area contributed by atoms with Gasteiger partial charge in [0, 0.05) is 5.56 Å². The predicted octanol–water partition coefficient (Wildman–Crippen LogP) is 4.22. The second-order valence-electron chi connectivity index (χ2n) is 4.68. The van der Waals surface area contributed by atoms with E-state index < -0.39 is 0 Å². The number of phenols is 2. The number of aromatic hydroxyl groups is 2. The molecule has 0 heterocycles. The molecule has 2 aromatic carbocycles. The summed E-state index contributed by atoms with van der Waals surface area (Å²) in [7, 11) is 0. The summed E-state index contributed by atoms with van der Waals surface area (Å²) in [6.07, 6.45) is 5.00. The van der Waals surface area contributed by atoms with E-state index in [1.165, 1.54) is 0 Å². The van der Waals surface area contributed by atoms with Crippen molar-refractivity contribution in [2.24, 2.45) is 0 Å². The Labute approximate surface area is 119 Å². The molecule has 2 aromatic rings. The summed E-state index contributed by atoms with van der Waals surface area (Å²) in [6.45, 7) is 7.46. The van der Waals surface area contributed by atoms with Crippen LogP contribution in [0.15, 0.2) is 61.7 Å². The molecule has 2 heteroatoms. The van der Waals surface area contributed by atoms with Crippen LogP contribution in [-0.4, -0.2) is 10.2 Å². The summed E-state index contributed by atoms with van der Waals surface area (Å²) in [4.78, 5) is 0. The van der Waals surface area contributed by atoms with Gasteiger partial charge in [-0.25, -0.2) is 0 Å². The Kier molecular flexibility index (Phi) is 4.26. The van der Waals surface area contributed by atoms with Crippen LogP contribution < -0.4 is 0 Å². The van der Waals surface area contributed by atoms with Crippen LogP contribution in [0.4, 0.5) is 0 Å². The van der Waals surface area contributed by atoms with Crippen LogP contribution in [0.25, 0.3) is 11.1 Å². The first-order valence-electron chi connectivity index (χ1n) is 6.51. The number of phenolic OH excluding ortho intramolecular Hbond substituents is 2. The first-order valence-corrected chi connectivity index (χ1v) is 6.51. The topological polar surface area (TPSA) is 40.5 Å². The molecular weight excluding hydrogens is 248 g/mol. The van der Waals surface area contributed by atoms with E-state index >= 15 is 0 Å². The monoisotopic (exact) mass is 266 g/mol. The van der Waals surface area contributed by atoms with E-state index in [1.807, 2.05) is 24.3 Å². The van der Waals surface area contributed by atoms with E-state index in [-0.39, 0.29) is 11.5 Å². The molecule has 0 aromatic heterocycles. The molecule has 2 N–H and O–H groups in total. The number of benzene rings is 2. The van der Waals surface area contributed by atoms with Gasteiger partial charge in [0.05, 0.1) is 0 Å². The molecule has 2 nitrogen and oxygen atoms in total. The van der Waals surface area contributed by atoms with Crippen molar-refractivity contribution in [3.8, 4) is 22.6 Å². The summed E-state index contributed by atoms with van der Waals surface area (Å²) in [5, 5.41) is 19.7. The Balaban J connectivity index is 2.57. The molecule has 2 rings (SSSR count). The zero-order valence-corrected chi connectivity index (χ0v) is 11.3. The normalized spacial score (nSPS) is 10.2. The highest BCUT2D eigenvalue weighted by atomic mass is 16.3. The van der Waals surface area contributed by atoms with Crippen molar-refractivity contribution >= 4 is 0 Å². The highest BCUT2D eigenvalue weighted by Crippen LogP contribution is 2.34. The van der Waals surface area contributed by atoms with E-state index in [4.69, 9.17) is 0 Å². The number of allylic oxidation sites excluding steroid dienone is 2. The lowest BCUT2D eigenvalue weighted by molar-refractivity contribution is 0.473. The number of hydrogen-bond acceptors (Lipinski definition) is 2. The third-order valence-electron chi connectivity index (χ3n) is 3.18. The fraction of sp³-hybridized carbons (Fsp3) is 0.111. The van der Waals surface area contributed by atoms with Crippen molar-refractivity contribution in [1.29, 1.82) is 0 Å². The first-order chi connectivity index (χ1) is 9.65. The molecule has 0 bridgehead atoms. The Hall–Kier alpha value is -2.48. The maximum absolute atomic E-state index is 10.1. The molecule has 0 aliphatic rings. The van der Waals surface area contributed by atoms with Crippen molar-refractivity contribution < 1.29 is 10.2 Å². The van der Waals surface area contributed by atoms with Gasteiger partial charge < -0.3 is 10.2 Å². The van der Waals surface area contributed by atoms with Gasteiger partial charge in [0.15, 0.2) is 0 Å². The lowest BCUT2D eigenvalue weighted by Gasteiger charge is -2.12. The van der Waals surface area contributed by atoms with Crippen LogP contribution in [0.3, 0.4) is 0 Å². The second-order valence-corrected chi connectivity index (χ2v) is 4.68. The third-order valence-corrected chi connectivity index (χ3v) is 3.18. The van der Waals surface area contributed by atoms with Gasteiger partial charge in [-0.1, -0.05) is 24.3 Å². The first kappa shape index (κ1) is 13.9. The number of hydrogen-bond donors (Lipinski definition) is 2. The van der Waals surface area contributed by atoms with Crippen molar-refractivity contribution in [3.05, 3.63) is 72.8 Å². The summed E-state index contributed by atoms with van der Waals surface area (Å²) < 4.78 is 0. The molecule has 20 heavy (non-hydrogen) atoms. The van der Waals surface area contributed by atoms with Crippen LogP contribution in [0.2, 0.25) is 0 Å². The largest absolute Gasteiger partial charge is 0.508 e. The second kappa shape index (κ2) is 6.11. The molecule has 0 atom stereocenters. The summed E-state index contributed by atoms with van der Waals surface area (Å²) in [5.74, 6) is 0.446. The Bertz CT molecular complexity index is 642. The molecule has 0 radical (unpaired) electrons. The molecule has 102 valence electrons. The van der Waals surface area contributed by atoms with Gasteiger partial charge in [0.2, 0.25) is 0 Å². The van der Waals surface area contributed by atoms with Gasteiger partial charge in [0.1, 0.15) is 11.5 Å². The van der Waals surface area contributed by atoms with Crippen molar-refractivity contribution in [2.75, 3.05) is 0 Å². The third kappa shape index (κ3) is 2.91. The number of rotatable bonds is 5. The summed E-state index contributed by atoms with van der Waals surface area (Å²) in [5.41, 5.74) is 3.70. The zero-order chi connectivity index (χ0) is 14.5. The van der Waals surface area contributed by atoms with Gasteiger partial charge in [-0.05, 0) is 53.8 Å². The minimum absolute atomic E-state index is 0.215. The highest BCUT2D eigenvalue weighted by Gasteiger charge is 2.10. The highest BCUT2D eigenvalue weighted by molar-refractivity contribution is 5.74. The van der Waals surface area contributed by atoms with E-state index in [2.05, 4.69) is 13.2 Å². The zero-order valence-electron chi connectivity index (χ0n) is 11.3. The predicted molar refractivity (Wildman–Crippen MR) is 83.0 cm³/mol. The van der Waals surface area contributed by atoms with Crippen molar-refractivity contribution in [2.45, 2.75) is 12.8 Å². The van der Waals surface area contributed by atoms with Gasteiger partial charge in [-0.3, -0.25) is 0 Å². The van der Waals surface area contributed by atoms with Crippen molar-refractivity contribution in [1.82, 2.24) is 0 Å². The maximum Gasteiger partial charge on any atom is 0.123 e. The van der Waals surface area contributed by atoms with Crippen LogP contribution in [0.5, 0.6) is 11.5 Å².